The van der Waals surface area contributed by atoms with Gasteiger partial charge >= 0.3 is 0 Å². The van der Waals surface area contributed by atoms with E-state index in [1.54, 1.807) is 17.5 Å². The highest BCUT2D eigenvalue weighted by Gasteiger charge is 2.15. The van der Waals surface area contributed by atoms with Crippen molar-refractivity contribution in [2.75, 3.05) is 5.73 Å². The molecule has 0 amide bonds. The maximum atomic E-state index is 5.93. The Labute approximate surface area is 181 Å². The maximum absolute atomic E-state index is 5.93. The molecule has 4 N–H and O–H groups in total. The Bertz CT molecular complexity index is 1570. The number of rotatable bonds is 3. The number of aromatic amines is 2. The predicted octanol–water partition coefficient (Wildman–Crippen LogP) is 5.79. The molecule has 0 aliphatic heterocycles. The van der Waals surface area contributed by atoms with Crippen molar-refractivity contribution < 1.29 is 0 Å². The number of aryl methyl sites for hydroxylation is 1. The van der Waals surface area contributed by atoms with Gasteiger partial charge in [-0.3, -0.25) is 15.1 Å². The summed E-state index contributed by atoms with van der Waals surface area (Å²) < 4.78 is 0. The number of hydrogen-bond acceptors (Lipinski definition) is 5. The van der Waals surface area contributed by atoms with Gasteiger partial charge in [-0.1, -0.05) is 6.07 Å². The molecule has 0 unspecified atom stereocenters. The van der Waals surface area contributed by atoms with Crippen LogP contribution in [0, 0.1) is 6.92 Å². The first-order valence-corrected chi connectivity index (χ1v) is 10.7. The second kappa shape index (κ2) is 6.78. The maximum Gasteiger partial charge on any atom is 0.116 e. The minimum Gasteiger partial charge on any atom is -0.397 e. The first-order chi connectivity index (χ1) is 15.2. The zero-order chi connectivity index (χ0) is 20.9. The summed E-state index contributed by atoms with van der Waals surface area (Å²) in [6.45, 7) is 2.12. The number of thiophene rings is 1. The Morgan fingerprint density at radius 2 is 1.74 bits per heavy atom. The number of aromatic nitrogens is 5. The Kier molecular flexibility index (Phi) is 3.91. The zero-order valence-corrected chi connectivity index (χ0v) is 17.5. The van der Waals surface area contributed by atoms with Crippen LogP contribution >= 0.6 is 11.3 Å². The van der Waals surface area contributed by atoms with Crippen LogP contribution < -0.4 is 5.73 Å². The quantitative estimate of drug-likeness (QED) is 0.336. The summed E-state index contributed by atoms with van der Waals surface area (Å²) in [5.74, 6) is 0. The highest BCUT2D eigenvalue weighted by atomic mass is 32.1. The van der Waals surface area contributed by atoms with Crippen LogP contribution in [-0.4, -0.2) is 25.1 Å². The van der Waals surface area contributed by atoms with Crippen molar-refractivity contribution in [1.82, 2.24) is 25.1 Å². The molecular formula is C24H18N6S. The molecule has 31 heavy (non-hydrogen) atoms. The molecule has 0 spiro atoms. The summed E-state index contributed by atoms with van der Waals surface area (Å²) in [5, 5.41) is 9.93. The Hall–Kier alpha value is -3.97. The number of fused-ring (bicyclic) bond motifs is 2. The summed E-state index contributed by atoms with van der Waals surface area (Å²) in [6, 6.07) is 14.6. The lowest BCUT2D eigenvalue weighted by molar-refractivity contribution is 1.12. The van der Waals surface area contributed by atoms with E-state index in [4.69, 9.17) is 5.73 Å². The molecule has 0 radical (unpaired) electrons. The molecule has 1 aromatic carbocycles. The van der Waals surface area contributed by atoms with Crippen LogP contribution in [0.4, 0.5) is 5.69 Å². The number of nitrogen functional groups attached to an aromatic ring is 1. The van der Waals surface area contributed by atoms with E-state index in [1.807, 2.05) is 36.8 Å². The van der Waals surface area contributed by atoms with Gasteiger partial charge < -0.3 is 10.7 Å². The third-order valence-corrected chi connectivity index (χ3v) is 6.50. The summed E-state index contributed by atoms with van der Waals surface area (Å²) in [5.41, 5.74) is 13.5. The normalized spacial score (nSPS) is 11.5. The van der Waals surface area contributed by atoms with Gasteiger partial charge in [-0.15, -0.1) is 11.3 Å². The van der Waals surface area contributed by atoms with Gasteiger partial charge in [-0.05, 0) is 48.9 Å². The van der Waals surface area contributed by atoms with Crippen molar-refractivity contribution >= 4 is 38.8 Å². The van der Waals surface area contributed by atoms with Crippen LogP contribution in [0.25, 0.3) is 54.8 Å². The number of H-pyrrole nitrogens is 2. The highest BCUT2D eigenvalue weighted by Crippen LogP contribution is 2.36. The number of nitrogens with two attached hydrogens (primary N) is 1. The lowest BCUT2D eigenvalue weighted by Crippen LogP contribution is -1.87. The molecular weight excluding hydrogens is 404 g/mol. The monoisotopic (exact) mass is 422 g/mol. The van der Waals surface area contributed by atoms with Crippen LogP contribution in [0.2, 0.25) is 0 Å². The van der Waals surface area contributed by atoms with Gasteiger partial charge in [-0.2, -0.15) is 5.10 Å². The Morgan fingerprint density at radius 1 is 0.839 bits per heavy atom. The van der Waals surface area contributed by atoms with Crippen LogP contribution in [0.5, 0.6) is 0 Å². The van der Waals surface area contributed by atoms with Gasteiger partial charge in [0.05, 0.1) is 28.6 Å². The van der Waals surface area contributed by atoms with Crippen molar-refractivity contribution in [3.8, 4) is 33.0 Å². The van der Waals surface area contributed by atoms with E-state index in [0.29, 0.717) is 5.69 Å². The molecule has 6 nitrogen and oxygen atoms in total. The smallest absolute Gasteiger partial charge is 0.116 e. The molecule has 0 saturated heterocycles. The fourth-order valence-electron chi connectivity index (χ4n) is 3.97. The van der Waals surface area contributed by atoms with Crippen molar-refractivity contribution in [3.63, 3.8) is 0 Å². The van der Waals surface area contributed by atoms with Crippen LogP contribution in [-0.2, 0) is 0 Å². The van der Waals surface area contributed by atoms with E-state index in [2.05, 4.69) is 56.3 Å². The third kappa shape index (κ3) is 2.98. The van der Waals surface area contributed by atoms with Crippen molar-refractivity contribution in [1.29, 1.82) is 0 Å². The van der Waals surface area contributed by atoms with Gasteiger partial charge in [0.25, 0.3) is 0 Å². The largest absolute Gasteiger partial charge is 0.397 e. The molecule has 0 atom stereocenters. The predicted molar refractivity (Wildman–Crippen MR) is 127 cm³/mol. The summed E-state index contributed by atoms with van der Waals surface area (Å²) >= 11 is 1.77. The summed E-state index contributed by atoms with van der Waals surface area (Å²) in [7, 11) is 0. The van der Waals surface area contributed by atoms with Crippen molar-refractivity contribution in [3.05, 3.63) is 72.1 Å². The fourth-order valence-corrected chi connectivity index (χ4v) is 4.86. The molecule has 0 fully saturated rings. The highest BCUT2D eigenvalue weighted by molar-refractivity contribution is 7.15. The number of hydrogen-bond donors (Lipinski definition) is 3. The zero-order valence-electron chi connectivity index (χ0n) is 16.7. The van der Waals surface area contributed by atoms with Gasteiger partial charge in [0.15, 0.2) is 0 Å². The molecule has 0 saturated carbocycles. The van der Waals surface area contributed by atoms with Crippen molar-refractivity contribution in [2.45, 2.75) is 6.92 Å². The summed E-state index contributed by atoms with van der Waals surface area (Å²) in [4.78, 5) is 14.7. The molecule has 7 heteroatoms. The van der Waals surface area contributed by atoms with Crippen LogP contribution in [0.1, 0.15) is 4.88 Å². The van der Waals surface area contributed by atoms with E-state index in [1.165, 1.54) is 9.75 Å². The number of pyridine rings is 2. The van der Waals surface area contributed by atoms with Gasteiger partial charge in [0.1, 0.15) is 5.69 Å². The lowest BCUT2D eigenvalue weighted by atomic mass is 10.0. The number of nitrogens with zero attached hydrogens (tertiary/aromatic N) is 3. The topological polar surface area (TPSA) is 96.3 Å². The second-order valence-corrected chi connectivity index (χ2v) is 8.87. The molecule has 5 aromatic heterocycles. The first-order valence-electron chi connectivity index (χ1n) is 9.89. The molecule has 5 heterocycles. The van der Waals surface area contributed by atoms with E-state index in [-0.39, 0.29) is 0 Å². The Morgan fingerprint density at radius 3 is 2.58 bits per heavy atom. The first kappa shape index (κ1) is 17.9. The molecule has 0 aliphatic rings. The number of nitrogens with one attached hydrogen (secondary N) is 2. The van der Waals surface area contributed by atoms with Crippen LogP contribution in [0.3, 0.4) is 0 Å². The van der Waals surface area contributed by atoms with E-state index in [9.17, 15) is 0 Å². The van der Waals surface area contributed by atoms with Gasteiger partial charge in [-0.25, -0.2) is 0 Å². The number of benzene rings is 1. The average Bonchev–Trinajstić information content (AvgIpc) is 3.50. The van der Waals surface area contributed by atoms with Gasteiger partial charge in [0, 0.05) is 50.2 Å². The SMILES string of the molecule is Cc1ccc(-c2cncc3[nH]c(-c4n[nH]c5ccc(-c6cncc(N)c6)cc45)cc23)s1. The minimum absolute atomic E-state index is 0.643. The van der Waals surface area contributed by atoms with E-state index in [0.717, 1.165) is 49.9 Å². The van der Waals surface area contributed by atoms with E-state index >= 15 is 0 Å². The minimum atomic E-state index is 0.643. The molecule has 0 aliphatic carbocycles. The molecule has 6 rings (SSSR count). The molecule has 150 valence electrons. The Balaban J connectivity index is 1.51. The van der Waals surface area contributed by atoms with Gasteiger partial charge in [0.2, 0.25) is 0 Å². The molecule has 6 aromatic rings. The van der Waals surface area contributed by atoms with Crippen LogP contribution in [0.15, 0.2) is 67.3 Å². The lowest BCUT2D eigenvalue weighted by Gasteiger charge is -2.03. The van der Waals surface area contributed by atoms with E-state index < -0.39 is 0 Å². The molecule has 0 bridgehead atoms. The average molecular weight is 423 g/mol. The second-order valence-electron chi connectivity index (χ2n) is 7.58. The fraction of sp³-hybridized carbons (Fsp3) is 0.0417. The number of anilines is 1. The standard InChI is InChI=1S/C24H18N6S/c1-13-2-5-23(31-13)19-11-27-12-22-17(19)8-21(28-22)24-18-7-14(3-4-20(18)29-30-24)15-6-16(25)10-26-9-15/h2-12,28H,25H2,1H3,(H,29,30). The van der Waals surface area contributed by atoms with Crippen molar-refractivity contribution in [2.24, 2.45) is 0 Å². The summed E-state index contributed by atoms with van der Waals surface area (Å²) in [6.07, 6.45) is 7.26. The third-order valence-electron chi connectivity index (χ3n) is 5.46.